The van der Waals surface area contributed by atoms with Crippen LogP contribution in [-0.2, 0) is 0 Å². The Balaban J connectivity index is 2.16. The van der Waals surface area contributed by atoms with Gasteiger partial charge in [0.15, 0.2) is 0 Å². The van der Waals surface area contributed by atoms with Gasteiger partial charge < -0.3 is 0 Å². The van der Waals surface area contributed by atoms with Gasteiger partial charge in [0.25, 0.3) is 5.56 Å². The lowest BCUT2D eigenvalue weighted by Gasteiger charge is -2.03. The predicted molar refractivity (Wildman–Crippen MR) is 84.5 cm³/mol. The van der Waals surface area contributed by atoms with Crippen LogP contribution in [0.2, 0.25) is 0 Å². The van der Waals surface area contributed by atoms with Crippen molar-refractivity contribution < 1.29 is 0 Å². The Kier molecular flexibility index (Phi) is 2.47. The van der Waals surface area contributed by atoms with Crippen LogP contribution in [0.3, 0.4) is 0 Å². The van der Waals surface area contributed by atoms with Gasteiger partial charge in [0.05, 0.1) is 5.69 Å². The highest BCUT2D eigenvalue weighted by Crippen LogP contribution is 2.29. The summed E-state index contributed by atoms with van der Waals surface area (Å²) in [5, 5.41) is 4.18. The molecule has 0 saturated heterocycles. The summed E-state index contributed by atoms with van der Waals surface area (Å²) in [4.78, 5) is 13.4. The molecule has 0 aliphatic heterocycles. The largest absolute Gasteiger partial charge is 0.269 e. The van der Waals surface area contributed by atoms with E-state index in [-0.39, 0.29) is 5.56 Å². The SMILES string of the molecule is O=c1cc2ccccc2c2scc(-c3ccccc3)n12. The van der Waals surface area contributed by atoms with E-state index in [0.29, 0.717) is 0 Å². The van der Waals surface area contributed by atoms with E-state index in [4.69, 9.17) is 0 Å². The first-order valence-electron chi connectivity index (χ1n) is 6.42. The Bertz CT molecular complexity index is 967. The summed E-state index contributed by atoms with van der Waals surface area (Å²) in [7, 11) is 0. The summed E-state index contributed by atoms with van der Waals surface area (Å²) in [6.07, 6.45) is 0. The number of hydrogen-bond acceptors (Lipinski definition) is 2. The van der Waals surface area contributed by atoms with E-state index < -0.39 is 0 Å². The highest BCUT2D eigenvalue weighted by molar-refractivity contribution is 7.16. The number of hydrogen-bond donors (Lipinski definition) is 0. The Morgan fingerprint density at radius 1 is 0.900 bits per heavy atom. The molecule has 0 aliphatic rings. The molecule has 3 heteroatoms. The molecule has 2 aromatic heterocycles. The van der Waals surface area contributed by atoms with Gasteiger partial charge in [-0.25, -0.2) is 0 Å². The third-order valence-corrected chi connectivity index (χ3v) is 4.45. The molecule has 2 aromatic carbocycles. The molecule has 0 spiro atoms. The molecule has 4 rings (SSSR count). The first kappa shape index (κ1) is 11.4. The molecule has 0 fully saturated rings. The average Bonchev–Trinajstić information content (AvgIpc) is 2.94. The highest BCUT2D eigenvalue weighted by Gasteiger charge is 2.10. The third kappa shape index (κ3) is 1.60. The van der Waals surface area contributed by atoms with Crippen molar-refractivity contribution in [3.8, 4) is 11.3 Å². The molecule has 0 aliphatic carbocycles. The summed E-state index contributed by atoms with van der Waals surface area (Å²) < 4.78 is 1.81. The van der Waals surface area contributed by atoms with Crippen LogP contribution in [-0.4, -0.2) is 4.40 Å². The Morgan fingerprint density at radius 3 is 2.50 bits per heavy atom. The lowest BCUT2D eigenvalue weighted by molar-refractivity contribution is 1.15. The minimum atomic E-state index is 0.0267. The standard InChI is InChI=1S/C17H11NOS/c19-16-10-13-8-4-5-9-14(13)17-18(16)15(11-20-17)12-6-2-1-3-7-12/h1-11H. The average molecular weight is 277 g/mol. The fourth-order valence-electron chi connectivity index (χ4n) is 2.55. The van der Waals surface area contributed by atoms with E-state index in [1.54, 1.807) is 17.4 Å². The van der Waals surface area contributed by atoms with Gasteiger partial charge in [-0.2, -0.15) is 0 Å². The molecular formula is C17H11NOS. The molecule has 0 unspecified atom stereocenters. The van der Waals surface area contributed by atoms with Crippen LogP contribution >= 0.6 is 11.3 Å². The molecule has 4 aromatic rings. The van der Waals surface area contributed by atoms with Gasteiger partial charge in [-0.1, -0.05) is 54.6 Å². The van der Waals surface area contributed by atoms with Crippen molar-refractivity contribution in [1.82, 2.24) is 4.40 Å². The first-order chi connectivity index (χ1) is 9.84. The molecule has 0 N–H and O–H groups in total. The van der Waals surface area contributed by atoms with E-state index in [0.717, 1.165) is 26.9 Å². The molecule has 2 heterocycles. The lowest BCUT2D eigenvalue weighted by atomic mass is 10.1. The second-order valence-corrected chi connectivity index (χ2v) is 5.56. The van der Waals surface area contributed by atoms with Crippen LogP contribution in [0, 0.1) is 0 Å². The molecule has 0 atom stereocenters. The quantitative estimate of drug-likeness (QED) is 0.511. The molecular weight excluding hydrogens is 266 g/mol. The zero-order valence-corrected chi connectivity index (χ0v) is 11.4. The second-order valence-electron chi connectivity index (χ2n) is 4.70. The van der Waals surface area contributed by atoms with E-state index >= 15 is 0 Å². The molecule has 0 bridgehead atoms. The number of rotatable bonds is 1. The zero-order chi connectivity index (χ0) is 13.5. The zero-order valence-electron chi connectivity index (χ0n) is 10.6. The van der Waals surface area contributed by atoms with Crippen LogP contribution in [0.25, 0.3) is 26.9 Å². The predicted octanol–water partition coefficient (Wildman–Crippen LogP) is 4.18. The maximum atomic E-state index is 12.4. The van der Waals surface area contributed by atoms with Crippen LogP contribution in [0.4, 0.5) is 0 Å². The number of aromatic nitrogens is 1. The minimum Gasteiger partial charge on any atom is -0.269 e. The summed E-state index contributed by atoms with van der Waals surface area (Å²) in [5.41, 5.74) is 2.05. The number of pyridine rings is 1. The van der Waals surface area contributed by atoms with Crippen LogP contribution in [0.15, 0.2) is 70.8 Å². The van der Waals surface area contributed by atoms with Crippen molar-refractivity contribution >= 4 is 26.9 Å². The molecule has 0 saturated carbocycles. The van der Waals surface area contributed by atoms with Crippen molar-refractivity contribution in [2.45, 2.75) is 0 Å². The van der Waals surface area contributed by atoms with E-state index in [9.17, 15) is 4.79 Å². The van der Waals surface area contributed by atoms with Gasteiger partial charge in [0, 0.05) is 16.8 Å². The van der Waals surface area contributed by atoms with Gasteiger partial charge in [-0.15, -0.1) is 11.3 Å². The second kappa shape index (κ2) is 4.32. The first-order valence-corrected chi connectivity index (χ1v) is 7.30. The summed E-state index contributed by atoms with van der Waals surface area (Å²) in [5.74, 6) is 0. The highest BCUT2D eigenvalue weighted by atomic mass is 32.1. The molecule has 2 nitrogen and oxygen atoms in total. The summed E-state index contributed by atoms with van der Waals surface area (Å²) in [6.45, 7) is 0. The minimum absolute atomic E-state index is 0.0267. The van der Waals surface area contributed by atoms with Crippen molar-refractivity contribution in [3.63, 3.8) is 0 Å². The maximum absolute atomic E-state index is 12.4. The van der Waals surface area contributed by atoms with Gasteiger partial charge in [0.1, 0.15) is 4.83 Å². The topological polar surface area (TPSA) is 21.5 Å². The molecule has 96 valence electrons. The van der Waals surface area contributed by atoms with Crippen LogP contribution in [0.5, 0.6) is 0 Å². The van der Waals surface area contributed by atoms with Crippen molar-refractivity contribution in [3.05, 3.63) is 76.4 Å². The fraction of sp³-hybridized carbons (Fsp3) is 0. The van der Waals surface area contributed by atoms with Crippen LogP contribution in [0.1, 0.15) is 0 Å². The molecule has 20 heavy (non-hydrogen) atoms. The van der Waals surface area contributed by atoms with Gasteiger partial charge in [-0.3, -0.25) is 9.20 Å². The number of thiazole rings is 1. The normalized spacial score (nSPS) is 11.2. The Hall–Kier alpha value is -2.39. The third-order valence-electron chi connectivity index (χ3n) is 3.49. The molecule has 0 amide bonds. The van der Waals surface area contributed by atoms with Crippen LogP contribution < -0.4 is 5.56 Å². The fourth-order valence-corrected chi connectivity index (χ4v) is 3.62. The summed E-state index contributed by atoms with van der Waals surface area (Å²) >= 11 is 1.62. The van der Waals surface area contributed by atoms with Crippen molar-refractivity contribution in [2.75, 3.05) is 0 Å². The van der Waals surface area contributed by atoms with Crippen molar-refractivity contribution in [2.24, 2.45) is 0 Å². The van der Waals surface area contributed by atoms with Gasteiger partial charge in [0.2, 0.25) is 0 Å². The summed E-state index contributed by atoms with van der Waals surface area (Å²) in [6, 6.07) is 19.8. The molecule has 0 radical (unpaired) electrons. The lowest BCUT2D eigenvalue weighted by Crippen LogP contribution is -2.11. The van der Waals surface area contributed by atoms with Crippen molar-refractivity contribution in [1.29, 1.82) is 0 Å². The Labute approximate surface area is 119 Å². The monoisotopic (exact) mass is 277 g/mol. The van der Waals surface area contributed by atoms with E-state index in [1.807, 2.05) is 52.9 Å². The van der Waals surface area contributed by atoms with E-state index in [2.05, 4.69) is 11.4 Å². The maximum Gasteiger partial charge on any atom is 0.256 e. The number of fused-ring (bicyclic) bond motifs is 3. The van der Waals surface area contributed by atoms with Gasteiger partial charge in [-0.05, 0) is 10.9 Å². The Morgan fingerprint density at radius 2 is 1.65 bits per heavy atom. The number of benzene rings is 2. The van der Waals surface area contributed by atoms with Gasteiger partial charge >= 0.3 is 0 Å². The van der Waals surface area contributed by atoms with E-state index in [1.165, 1.54) is 0 Å². The number of nitrogens with zero attached hydrogens (tertiary/aromatic N) is 1. The smallest absolute Gasteiger partial charge is 0.256 e.